The number of unbranched alkanes of at least 4 members (excludes halogenated alkanes) is 1. The van der Waals surface area contributed by atoms with E-state index in [4.69, 9.17) is 9.47 Å². The van der Waals surface area contributed by atoms with Crippen molar-refractivity contribution in [1.82, 2.24) is 10.7 Å². The molecular weight excluding hydrogens is 274 g/mol. The van der Waals surface area contributed by atoms with Crippen molar-refractivity contribution >= 4 is 18.0 Å². The quantitative estimate of drug-likeness (QED) is 0.363. The minimum Gasteiger partial charge on any atom is -0.454 e. The molecule has 21 heavy (non-hydrogen) atoms. The van der Waals surface area contributed by atoms with E-state index in [9.17, 15) is 9.59 Å². The van der Waals surface area contributed by atoms with Crippen molar-refractivity contribution in [2.24, 2.45) is 5.10 Å². The second-order valence-electron chi connectivity index (χ2n) is 4.42. The van der Waals surface area contributed by atoms with Gasteiger partial charge in [-0.25, -0.2) is 5.43 Å². The van der Waals surface area contributed by atoms with Gasteiger partial charge in [0.05, 0.1) is 6.21 Å². The average Bonchev–Trinajstić information content (AvgIpc) is 2.94. The minimum atomic E-state index is -0.789. The van der Waals surface area contributed by atoms with E-state index in [2.05, 4.69) is 15.8 Å². The number of hydrogen-bond donors (Lipinski definition) is 2. The van der Waals surface area contributed by atoms with E-state index in [0.29, 0.717) is 18.0 Å². The van der Waals surface area contributed by atoms with Gasteiger partial charge in [-0.05, 0) is 30.2 Å². The first-order chi connectivity index (χ1) is 10.2. The molecule has 2 N–H and O–H groups in total. The first kappa shape index (κ1) is 14.8. The standard InChI is InChI=1S/C14H17N3O4/c1-2-3-6-15-13(18)14(19)17-16-8-10-4-5-11-12(7-10)21-9-20-11/h4-5,7-8H,2-3,6,9H2,1H3,(H,15,18)(H,17,19)/b16-8+. The van der Waals surface area contributed by atoms with Crippen LogP contribution in [0.1, 0.15) is 25.3 Å². The molecule has 0 atom stereocenters. The van der Waals surface area contributed by atoms with Crippen LogP contribution >= 0.6 is 0 Å². The molecule has 7 heteroatoms. The van der Waals surface area contributed by atoms with Crippen LogP contribution < -0.4 is 20.2 Å². The van der Waals surface area contributed by atoms with Crippen LogP contribution in [0.5, 0.6) is 11.5 Å². The molecule has 2 amide bonds. The summed E-state index contributed by atoms with van der Waals surface area (Å²) in [6, 6.07) is 5.26. The monoisotopic (exact) mass is 291 g/mol. The predicted octanol–water partition coefficient (Wildman–Crippen LogP) is 0.782. The Labute approximate surface area is 122 Å². The van der Waals surface area contributed by atoms with Gasteiger partial charge in [-0.1, -0.05) is 13.3 Å². The van der Waals surface area contributed by atoms with E-state index in [1.807, 2.05) is 6.92 Å². The number of fused-ring (bicyclic) bond motifs is 1. The van der Waals surface area contributed by atoms with Gasteiger partial charge in [-0.15, -0.1) is 0 Å². The van der Waals surface area contributed by atoms with Gasteiger partial charge in [-0.3, -0.25) is 9.59 Å². The average molecular weight is 291 g/mol. The second-order valence-corrected chi connectivity index (χ2v) is 4.42. The second kappa shape index (κ2) is 7.28. The highest BCUT2D eigenvalue weighted by Gasteiger charge is 2.13. The number of ether oxygens (including phenoxy) is 2. The number of hydrogen-bond acceptors (Lipinski definition) is 5. The lowest BCUT2D eigenvalue weighted by molar-refractivity contribution is -0.139. The van der Waals surface area contributed by atoms with Crippen molar-refractivity contribution in [3.63, 3.8) is 0 Å². The summed E-state index contributed by atoms with van der Waals surface area (Å²) in [6.45, 7) is 2.68. The van der Waals surface area contributed by atoms with Gasteiger partial charge >= 0.3 is 11.8 Å². The molecule has 0 saturated carbocycles. The summed E-state index contributed by atoms with van der Waals surface area (Å²) in [7, 11) is 0. The van der Waals surface area contributed by atoms with Crippen molar-refractivity contribution in [2.75, 3.05) is 13.3 Å². The summed E-state index contributed by atoms with van der Waals surface area (Å²) in [5.74, 6) is -0.177. The maximum absolute atomic E-state index is 11.4. The fourth-order valence-corrected chi connectivity index (χ4v) is 1.67. The SMILES string of the molecule is CCCCNC(=O)C(=O)N/N=C/c1ccc2c(c1)OCO2. The molecule has 0 aliphatic carbocycles. The van der Waals surface area contributed by atoms with E-state index < -0.39 is 11.8 Å². The first-order valence-electron chi connectivity index (χ1n) is 6.71. The number of carbonyl (C=O) groups is 2. The molecule has 1 aliphatic rings. The Bertz CT molecular complexity index is 557. The molecule has 2 rings (SSSR count). The molecule has 1 aromatic carbocycles. The number of amides is 2. The van der Waals surface area contributed by atoms with Gasteiger partial charge in [0.1, 0.15) is 0 Å². The van der Waals surface area contributed by atoms with Gasteiger partial charge in [-0.2, -0.15) is 5.10 Å². The molecule has 0 fully saturated rings. The van der Waals surface area contributed by atoms with Gasteiger partial charge < -0.3 is 14.8 Å². The summed E-state index contributed by atoms with van der Waals surface area (Å²) in [5, 5.41) is 6.24. The van der Waals surface area contributed by atoms with Gasteiger partial charge in [0, 0.05) is 6.54 Å². The molecule has 7 nitrogen and oxygen atoms in total. The summed E-state index contributed by atoms with van der Waals surface area (Å²) in [5.41, 5.74) is 2.90. The van der Waals surface area contributed by atoms with Crippen LogP contribution in [0, 0.1) is 0 Å². The van der Waals surface area contributed by atoms with E-state index in [1.165, 1.54) is 6.21 Å². The largest absolute Gasteiger partial charge is 0.454 e. The number of nitrogens with zero attached hydrogens (tertiary/aromatic N) is 1. The van der Waals surface area contributed by atoms with Crippen molar-refractivity contribution in [1.29, 1.82) is 0 Å². The van der Waals surface area contributed by atoms with Crippen LogP contribution in [0.25, 0.3) is 0 Å². The zero-order valence-corrected chi connectivity index (χ0v) is 11.7. The molecule has 0 spiro atoms. The van der Waals surface area contributed by atoms with E-state index in [0.717, 1.165) is 18.4 Å². The first-order valence-corrected chi connectivity index (χ1v) is 6.71. The summed E-state index contributed by atoms with van der Waals surface area (Å²) in [6.07, 6.45) is 3.21. The van der Waals surface area contributed by atoms with E-state index in [-0.39, 0.29) is 6.79 Å². The molecule has 1 aliphatic heterocycles. The van der Waals surface area contributed by atoms with Crippen LogP contribution in [-0.4, -0.2) is 31.4 Å². The molecule has 1 aromatic rings. The third-order valence-electron chi connectivity index (χ3n) is 2.80. The zero-order chi connectivity index (χ0) is 15.1. The Morgan fingerprint density at radius 1 is 1.29 bits per heavy atom. The molecule has 0 unspecified atom stereocenters. The zero-order valence-electron chi connectivity index (χ0n) is 11.7. The topological polar surface area (TPSA) is 89.0 Å². The van der Waals surface area contributed by atoms with Crippen molar-refractivity contribution in [3.8, 4) is 11.5 Å². The fourth-order valence-electron chi connectivity index (χ4n) is 1.67. The third kappa shape index (κ3) is 4.20. The van der Waals surface area contributed by atoms with Crippen LogP contribution in [-0.2, 0) is 9.59 Å². The Morgan fingerprint density at radius 3 is 2.90 bits per heavy atom. The summed E-state index contributed by atoms with van der Waals surface area (Å²) in [4.78, 5) is 22.8. The highest BCUT2D eigenvalue weighted by atomic mass is 16.7. The van der Waals surface area contributed by atoms with E-state index >= 15 is 0 Å². The molecule has 0 saturated heterocycles. The lowest BCUT2D eigenvalue weighted by Gasteiger charge is -2.02. The van der Waals surface area contributed by atoms with Crippen LogP contribution in [0.2, 0.25) is 0 Å². The molecule has 0 aromatic heterocycles. The third-order valence-corrected chi connectivity index (χ3v) is 2.80. The molecule has 0 bridgehead atoms. The van der Waals surface area contributed by atoms with Crippen molar-refractivity contribution < 1.29 is 19.1 Å². The smallest absolute Gasteiger partial charge is 0.329 e. The maximum Gasteiger partial charge on any atom is 0.329 e. The van der Waals surface area contributed by atoms with E-state index in [1.54, 1.807) is 18.2 Å². The molecule has 1 heterocycles. The lowest BCUT2D eigenvalue weighted by Crippen LogP contribution is -2.38. The Morgan fingerprint density at radius 2 is 2.10 bits per heavy atom. The van der Waals surface area contributed by atoms with Crippen molar-refractivity contribution in [3.05, 3.63) is 23.8 Å². The van der Waals surface area contributed by atoms with Crippen molar-refractivity contribution in [2.45, 2.75) is 19.8 Å². The highest BCUT2D eigenvalue weighted by molar-refractivity contribution is 6.35. The summed E-state index contributed by atoms with van der Waals surface area (Å²) < 4.78 is 10.4. The van der Waals surface area contributed by atoms with Gasteiger partial charge in [0.2, 0.25) is 6.79 Å². The number of hydrazone groups is 1. The normalized spacial score (nSPS) is 12.4. The van der Waals surface area contributed by atoms with Gasteiger partial charge in [0.15, 0.2) is 11.5 Å². The van der Waals surface area contributed by atoms with Crippen LogP contribution in [0.3, 0.4) is 0 Å². The molecule has 0 radical (unpaired) electrons. The predicted molar refractivity (Wildman–Crippen MR) is 76.2 cm³/mol. The summed E-state index contributed by atoms with van der Waals surface area (Å²) >= 11 is 0. The van der Waals surface area contributed by atoms with Crippen LogP contribution in [0.4, 0.5) is 0 Å². The lowest BCUT2D eigenvalue weighted by atomic mass is 10.2. The molecule has 112 valence electrons. The number of nitrogens with one attached hydrogen (secondary N) is 2. The number of rotatable bonds is 5. The Balaban J connectivity index is 1.82. The number of carbonyl (C=O) groups excluding carboxylic acids is 2. The molecular formula is C14H17N3O4. The fraction of sp³-hybridized carbons (Fsp3) is 0.357. The maximum atomic E-state index is 11.4. The highest BCUT2D eigenvalue weighted by Crippen LogP contribution is 2.31. The Kier molecular flexibility index (Phi) is 5.14. The minimum absolute atomic E-state index is 0.199. The Hall–Kier alpha value is -2.57. The van der Waals surface area contributed by atoms with Gasteiger partial charge in [0.25, 0.3) is 0 Å². The van der Waals surface area contributed by atoms with Crippen LogP contribution in [0.15, 0.2) is 23.3 Å². The number of benzene rings is 1.